The van der Waals surface area contributed by atoms with Gasteiger partial charge in [0.25, 0.3) is 0 Å². The molecule has 0 saturated carbocycles. The molecule has 0 fully saturated rings. The van der Waals surface area contributed by atoms with Crippen molar-refractivity contribution in [3.05, 3.63) is 44.9 Å². The molecule has 2 atom stereocenters. The average Bonchev–Trinajstić information content (AvgIpc) is 2.65. The van der Waals surface area contributed by atoms with Gasteiger partial charge in [0.2, 0.25) is 5.91 Å². The molecule has 1 aliphatic rings. The van der Waals surface area contributed by atoms with E-state index in [0.717, 1.165) is 16.2 Å². The standard InChI is InChI=1S/C18H17BrN2O5S/c1-3-26-13(22)9-27-17-12(8-20)14(10-5-4-6-11(19)7-10)15(16(23)21-17)18(24)25-2/h4-7,14-15H,3,9H2,1-2H3,(H,21,23)/t14-,15-/m0/s1. The van der Waals surface area contributed by atoms with Crippen molar-refractivity contribution in [2.45, 2.75) is 12.8 Å². The molecule has 1 aliphatic heterocycles. The molecule has 0 aromatic heterocycles. The number of halogens is 1. The topological polar surface area (TPSA) is 105 Å². The van der Waals surface area contributed by atoms with Crippen LogP contribution in [0.1, 0.15) is 18.4 Å². The summed E-state index contributed by atoms with van der Waals surface area (Å²) in [6.45, 7) is 1.93. The van der Waals surface area contributed by atoms with Crippen molar-refractivity contribution in [3.8, 4) is 6.07 Å². The third-order valence-corrected chi connectivity index (χ3v) is 5.32. The van der Waals surface area contributed by atoms with E-state index in [1.807, 2.05) is 0 Å². The second-order valence-electron chi connectivity index (χ2n) is 5.47. The van der Waals surface area contributed by atoms with Gasteiger partial charge in [0, 0.05) is 10.4 Å². The summed E-state index contributed by atoms with van der Waals surface area (Å²) in [4.78, 5) is 36.5. The average molecular weight is 453 g/mol. The number of hydrogen-bond donors (Lipinski definition) is 1. The Bertz CT molecular complexity index is 833. The number of nitrogens with one attached hydrogen (secondary N) is 1. The molecule has 0 saturated heterocycles. The summed E-state index contributed by atoms with van der Waals surface area (Å²) in [6.07, 6.45) is 0. The Labute approximate surface area is 169 Å². The third kappa shape index (κ3) is 4.90. The monoisotopic (exact) mass is 452 g/mol. The van der Waals surface area contributed by atoms with E-state index < -0.39 is 29.7 Å². The van der Waals surface area contributed by atoms with Crippen LogP contribution in [0.4, 0.5) is 0 Å². The largest absolute Gasteiger partial charge is 0.468 e. The maximum absolute atomic E-state index is 12.6. The van der Waals surface area contributed by atoms with Crippen molar-refractivity contribution in [2.24, 2.45) is 5.92 Å². The van der Waals surface area contributed by atoms with Crippen LogP contribution in [0.3, 0.4) is 0 Å². The van der Waals surface area contributed by atoms with Gasteiger partial charge in [-0.3, -0.25) is 14.4 Å². The summed E-state index contributed by atoms with van der Waals surface area (Å²) in [5.41, 5.74) is 0.804. The Morgan fingerprint density at radius 3 is 2.74 bits per heavy atom. The van der Waals surface area contributed by atoms with Crippen LogP contribution in [0.2, 0.25) is 0 Å². The highest BCUT2D eigenvalue weighted by Crippen LogP contribution is 2.40. The summed E-state index contributed by atoms with van der Waals surface area (Å²) >= 11 is 4.35. The highest BCUT2D eigenvalue weighted by molar-refractivity contribution is 9.10. The molecule has 142 valence electrons. The van der Waals surface area contributed by atoms with Gasteiger partial charge in [0.05, 0.1) is 36.1 Å². The van der Waals surface area contributed by atoms with Crippen LogP contribution in [0.15, 0.2) is 39.3 Å². The highest BCUT2D eigenvalue weighted by Gasteiger charge is 2.44. The number of thioether (sulfide) groups is 1. The van der Waals surface area contributed by atoms with E-state index in [1.165, 1.54) is 7.11 Å². The molecule has 1 aromatic rings. The maximum Gasteiger partial charge on any atom is 0.319 e. The van der Waals surface area contributed by atoms with E-state index in [2.05, 4.69) is 27.3 Å². The molecule has 1 amide bonds. The molecule has 0 radical (unpaired) electrons. The molecule has 27 heavy (non-hydrogen) atoms. The number of nitriles is 1. The normalized spacial score (nSPS) is 19.1. The quantitative estimate of drug-likeness (QED) is 0.521. The second kappa shape index (κ2) is 9.58. The van der Waals surface area contributed by atoms with E-state index in [-0.39, 0.29) is 23.0 Å². The van der Waals surface area contributed by atoms with E-state index in [0.29, 0.717) is 5.56 Å². The number of carbonyl (C=O) groups excluding carboxylic acids is 3. The number of ether oxygens (including phenoxy) is 2. The zero-order valence-corrected chi connectivity index (χ0v) is 17.1. The molecule has 1 heterocycles. The van der Waals surface area contributed by atoms with Gasteiger partial charge in [-0.1, -0.05) is 39.8 Å². The third-order valence-electron chi connectivity index (χ3n) is 3.83. The summed E-state index contributed by atoms with van der Waals surface area (Å²) in [6, 6.07) is 9.10. The van der Waals surface area contributed by atoms with Crippen molar-refractivity contribution in [1.29, 1.82) is 5.26 Å². The van der Waals surface area contributed by atoms with Crippen LogP contribution in [0.5, 0.6) is 0 Å². The minimum Gasteiger partial charge on any atom is -0.468 e. The van der Waals surface area contributed by atoms with Gasteiger partial charge in [-0.25, -0.2) is 0 Å². The molecular formula is C18H17BrN2O5S. The van der Waals surface area contributed by atoms with Crippen molar-refractivity contribution in [1.82, 2.24) is 5.32 Å². The zero-order chi connectivity index (χ0) is 20.0. The van der Waals surface area contributed by atoms with Crippen molar-refractivity contribution in [3.63, 3.8) is 0 Å². The van der Waals surface area contributed by atoms with Gasteiger partial charge in [0.15, 0.2) is 0 Å². The summed E-state index contributed by atoms with van der Waals surface area (Å²) < 4.78 is 10.4. The van der Waals surface area contributed by atoms with Crippen LogP contribution >= 0.6 is 27.7 Å². The molecule has 9 heteroatoms. The minimum absolute atomic E-state index is 0.0667. The zero-order valence-electron chi connectivity index (χ0n) is 14.7. The predicted octanol–water partition coefficient (Wildman–Crippen LogP) is 2.48. The molecule has 1 N–H and O–H groups in total. The van der Waals surface area contributed by atoms with Gasteiger partial charge in [-0.2, -0.15) is 5.26 Å². The Morgan fingerprint density at radius 1 is 1.41 bits per heavy atom. The lowest BCUT2D eigenvalue weighted by Gasteiger charge is -2.30. The first-order chi connectivity index (χ1) is 12.9. The number of allylic oxidation sites excluding steroid dienone is 1. The van der Waals surface area contributed by atoms with Gasteiger partial charge >= 0.3 is 11.9 Å². The Hall–Kier alpha value is -2.31. The first-order valence-electron chi connectivity index (χ1n) is 7.99. The molecular weight excluding hydrogens is 436 g/mol. The number of rotatable bonds is 6. The van der Waals surface area contributed by atoms with Crippen molar-refractivity contribution < 1.29 is 23.9 Å². The van der Waals surface area contributed by atoms with Crippen LogP contribution in [-0.4, -0.2) is 37.3 Å². The summed E-state index contributed by atoms with van der Waals surface area (Å²) in [7, 11) is 1.19. The molecule has 2 rings (SSSR count). The fourth-order valence-electron chi connectivity index (χ4n) is 2.71. The molecule has 1 aromatic carbocycles. The molecule has 0 spiro atoms. The van der Waals surface area contributed by atoms with Crippen LogP contribution in [0.25, 0.3) is 0 Å². The second-order valence-corrected chi connectivity index (χ2v) is 7.37. The summed E-state index contributed by atoms with van der Waals surface area (Å²) in [5.74, 6) is -3.88. The van der Waals surface area contributed by atoms with Crippen molar-refractivity contribution >= 4 is 45.5 Å². The predicted molar refractivity (Wildman–Crippen MR) is 102 cm³/mol. The van der Waals surface area contributed by atoms with E-state index in [9.17, 15) is 19.6 Å². The number of amides is 1. The molecule has 7 nitrogen and oxygen atoms in total. The Balaban J connectivity index is 2.50. The fraction of sp³-hybridized carbons (Fsp3) is 0.333. The Morgan fingerprint density at radius 2 is 2.15 bits per heavy atom. The lowest BCUT2D eigenvalue weighted by atomic mass is 9.78. The number of methoxy groups -OCH3 is 1. The fourth-order valence-corrected chi connectivity index (χ4v) is 3.98. The first-order valence-corrected chi connectivity index (χ1v) is 9.77. The van der Waals surface area contributed by atoms with E-state index >= 15 is 0 Å². The number of nitrogens with zero attached hydrogens (tertiary/aromatic N) is 1. The minimum atomic E-state index is -1.20. The lowest BCUT2D eigenvalue weighted by Crippen LogP contribution is -2.44. The number of hydrogen-bond acceptors (Lipinski definition) is 7. The SMILES string of the molecule is CCOC(=O)CSC1=C(C#N)[C@H](c2cccc(Br)c2)[C@H](C(=O)OC)C(=O)N1. The Kier molecular flexibility index (Phi) is 7.45. The van der Waals surface area contributed by atoms with Crippen LogP contribution in [-0.2, 0) is 23.9 Å². The van der Waals surface area contributed by atoms with E-state index in [4.69, 9.17) is 9.47 Å². The van der Waals surface area contributed by atoms with E-state index in [1.54, 1.807) is 31.2 Å². The van der Waals surface area contributed by atoms with Crippen LogP contribution in [0, 0.1) is 17.2 Å². The van der Waals surface area contributed by atoms with Gasteiger partial charge in [-0.15, -0.1) is 0 Å². The maximum atomic E-state index is 12.6. The van der Waals surface area contributed by atoms with Gasteiger partial charge in [-0.05, 0) is 24.6 Å². The lowest BCUT2D eigenvalue weighted by molar-refractivity contribution is -0.150. The highest BCUT2D eigenvalue weighted by atomic mass is 79.9. The van der Waals surface area contributed by atoms with Crippen molar-refractivity contribution in [2.75, 3.05) is 19.5 Å². The molecule has 0 bridgehead atoms. The number of esters is 2. The smallest absolute Gasteiger partial charge is 0.319 e. The van der Waals surface area contributed by atoms with Gasteiger partial charge in [0.1, 0.15) is 5.92 Å². The molecule has 0 aliphatic carbocycles. The van der Waals surface area contributed by atoms with Crippen LogP contribution < -0.4 is 5.32 Å². The summed E-state index contributed by atoms with van der Waals surface area (Å²) in [5, 5.41) is 12.5. The molecule has 0 unspecified atom stereocenters. The number of benzene rings is 1. The first kappa shape index (κ1) is 21.0. The number of carbonyl (C=O) groups is 3. The van der Waals surface area contributed by atoms with Gasteiger partial charge < -0.3 is 14.8 Å².